The third-order valence-corrected chi connectivity index (χ3v) is 14.5. The van der Waals surface area contributed by atoms with Crippen molar-refractivity contribution in [3.8, 4) is 0 Å². The molecular formula is C44H76N2O22. The maximum Gasteiger partial charge on any atom is 0.336 e. The Labute approximate surface area is 395 Å². The molecule has 3 fully saturated rings. The molecule has 2 amide bonds. The zero-order valence-corrected chi connectivity index (χ0v) is 39.7. The summed E-state index contributed by atoms with van der Waals surface area (Å²) >= 11 is 0. The third-order valence-electron chi connectivity index (χ3n) is 14.5. The van der Waals surface area contributed by atoms with Gasteiger partial charge in [-0.15, -0.1) is 0 Å². The van der Waals surface area contributed by atoms with E-state index in [1.807, 2.05) is 0 Å². The number of aliphatic hydroxyl groups excluding tert-OH is 11. The average molecular weight is 986 g/mol. The van der Waals surface area contributed by atoms with Crippen molar-refractivity contribution < 1.29 is 111 Å². The molecule has 0 aromatic rings. The van der Waals surface area contributed by atoms with Gasteiger partial charge in [-0.3, -0.25) is 9.59 Å². The minimum Gasteiger partial charge on any atom is -0.479 e. The second-order valence-corrected chi connectivity index (χ2v) is 20.2. The lowest BCUT2D eigenvalue weighted by atomic mass is 9.50. The number of carboxylic acid groups (broad SMARTS) is 3. The summed E-state index contributed by atoms with van der Waals surface area (Å²) in [6.07, 6.45) is -29.5. The molecule has 3 aliphatic heterocycles. The molecule has 20 unspecified atom stereocenters. The summed E-state index contributed by atoms with van der Waals surface area (Å²) in [4.78, 5) is 67.6. The van der Waals surface area contributed by atoms with Crippen molar-refractivity contribution in [1.29, 1.82) is 0 Å². The molecule has 394 valence electrons. The number of ether oxygens (including phenoxy) is 3. The molecule has 0 aromatic heterocycles. The van der Waals surface area contributed by atoms with Crippen molar-refractivity contribution in [2.75, 3.05) is 13.2 Å². The molecule has 0 aromatic carbocycles. The van der Waals surface area contributed by atoms with Gasteiger partial charge in [0.1, 0.15) is 42.7 Å². The number of amides is 2. The molecule has 3 heterocycles. The van der Waals surface area contributed by atoms with Crippen LogP contribution in [0.3, 0.4) is 0 Å². The second-order valence-electron chi connectivity index (χ2n) is 20.2. The van der Waals surface area contributed by atoms with Crippen molar-refractivity contribution in [2.45, 2.75) is 197 Å². The van der Waals surface area contributed by atoms with Gasteiger partial charge in [0, 0.05) is 46.3 Å². The molecule has 24 heteroatoms. The molecule has 3 saturated heterocycles. The minimum atomic E-state index is -3.11. The highest BCUT2D eigenvalue weighted by Gasteiger charge is 2.69. The highest BCUT2D eigenvalue weighted by molar-refractivity contribution is 5.82. The van der Waals surface area contributed by atoms with Crippen LogP contribution < -0.4 is 10.6 Å². The van der Waals surface area contributed by atoms with Crippen LogP contribution in [0.25, 0.3) is 0 Å². The molecule has 16 N–H and O–H groups in total. The number of rotatable bonds is 22. The molecule has 68 heavy (non-hydrogen) atoms. The first-order chi connectivity index (χ1) is 31.8. The van der Waals surface area contributed by atoms with E-state index in [0.29, 0.717) is 0 Å². The zero-order chi connectivity index (χ0) is 53.0. The summed E-state index contributed by atoms with van der Waals surface area (Å²) in [7, 11) is 0. The number of carbonyl (C=O) groups is 5. The number of carboxylic acids is 3. The fourth-order valence-corrected chi connectivity index (χ4v) is 11.7. The Balaban J connectivity index is 2.67. The largest absolute Gasteiger partial charge is 0.479 e. The fourth-order valence-electron chi connectivity index (χ4n) is 11.7. The van der Waals surface area contributed by atoms with Crippen molar-refractivity contribution in [3.05, 3.63) is 0 Å². The molecule has 3 rings (SSSR count). The minimum absolute atomic E-state index is 0.650. The fraction of sp³-hybridized carbons (Fsp3) is 0.886. The molecule has 20 atom stereocenters. The van der Waals surface area contributed by atoms with Crippen LogP contribution in [0.15, 0.2) is 0 Å². The summed E-state index contributed by atoms with van der Waals surface area (Å²) in [5, 5.41) is 161. The van der Waals surface area contributed by atoms with Gasteiger partial charge >= 0.3 is 17.9 Å². The maximum atomic E-state index is 14.5. The average Bonchev–Trinajstić information content (AvgIpc) is 3.25. The first-order valence-corrected chi connectivity index (χ1v) is 22.7. The van der Waals surface area contributed by atoms with E-state index in [1.54, 1.807) is 27.7 Å². The van der Waals surface area contributed by atoms with E-state index < -0.39 is 219 Å². The van der Waals surface area contributed by atoms with Crippen LogP contribution >= 0.6 is 0 Å². The van der Waals surface area contributed by atoms with Gasteiger partial charge in [-0.2, -0.15) is 0 Å². The van der Waals surface area contributed by atoms with Crippen LogP contribution in [0.4, 0.5) is 0 Å². The zero-order valence-electron chi connectivity index (χ0n) is 40.7. The van der Waals surface area contributed by atoms with Gasteiger partial charge in [0.05, 0.1) is 55.8 Å². The normalized spacial score (nSPS) is 36.6. The van der Waals surface area contributed by atoms with E-state index in [9.17, 15) is 95.5 Å². The molecule has 24 nitrogen and oxygen atoms in total. The number of aliphatic hydroxyl groups is 11. The van der Waals surface area contributed by atoms with Crippen molar-refractivity contribution >= 4 is 29.7 Å². The van der Waals surface area contributed by atoms with E-state index in [0.717, 1.165) is 13.8 Å². The van der Waals surface area contributed by atoms with Crippen molar-refractivity contribution in [2.24, 2.45) is 35.0 Å². The van der Waals surface area contributed by atoms with Crippen molar-refractivity contribution in [1.82, 2.24) is 10.6 Å². The number of hydrogen-bond acceptors (Lipinski definition) is 19. The van der Waals surface area contributed by atoms with Crippen LogP contribution in [0.5, 0.6) is 0 Å². The highest BCUT2D eigenvalue weighted by atomic mass is 16.6. The number of hydrogen-bond donors (Lipinski definition) is 16. The van der Waals surface area contributed by atoms with E-state index in [2.05, 4.69) is 10.6 Å². The predicted octanol–water partition coefficient (Wildman–Crippen LogP) is -3.95. The summed E-state index contributed by atoms with van der Waals surface area (Å²) < 4.78 is 26.6. The third kappa shape index (κ3) is 11.9. The number of carbonyl (C=O) groups excluding carboxylic acids is 2. The van der Waals surface area contributed by atoms with Gasteiger partial charge in [-0.05, 0) is 42.9 Å². The Kier molecular flexibility index (Phi) is 19.3. The molecule has 0 aliphatic carbocycles. The summed E-state index contributed by atoms with van der Waals surface area (Å²) in [5.41, 5.74) is -10.9. The van der Waals surface area contributed by atoms with Gasteiger partial charge in [0.25, 0.3) is 0 Å². The summed E-state index contributed by atoms with van der Waals surface area (Å²) in [6.45, 7) is 8.29. The Bertz CT molecular complexity index is 1770. The number of aliphatic carboxylic acids is 3. The lowest BCUT2D eigenvalue weighted by Crippen LogP contribution is -2.73. The molecule has 3 aliphatic rings. The molecule has 0 radical (unpaired) electrons. The molecule has 0 bridgehead atoms. The molecule has 0 spiro atoms. The lowest BCUT2D eigenvalue weighted by molar-refractivity contribution is -0.284. The predicted molar refractivity (Wildman–Crippen MR) is 232 cm³/mol. The van der Waals surface area contributed by atoms with Gasteiger partial charge in [-0.25, -0.2) is 14.4 Å². The summed E-state index contributed by atoms with van der Waals surface area (Å²) in [5.74, 6) is -13.0. The standard InChI is InChI=1S/C44H76N2O22/c1-17(2)29(18(3)4)41(9,16-43(39(62)63)10-23(52)19(5)35(66-43)32(57)20(6)49)28(44(40(64)65)12-25(54)31(46-22(8)51)37(68-44)34(59)27(56)15-48)13-42(38(60)61)11-24(53)30(45-21(7)50)36(67-42)33(58)26(55)14-47/h17-20,23-37,47-49,52-59H,10-16H2,1-9H3,(H,45,50)(H,46,51)(H,60,61)(H,62,63)(H,64,65)/i6D. The first-order valence-electron chi connectivity index (χ1n) is 23.4. The smallest absolute Gasteiger partial charge is 0.336 e. The SMILES string of the molecule is [2H]CC(O)C(O)C1OC(CC(C)(C(C(C)C)C(C)C)C(CC2(C(=O)O)CC(O)C(NC(C)=O)C(C(O)C(O)CO)O2)C2(C(=O)O)CC(O)C(NC(C)=O)C(C(O)C(O)CO)O2)(C(=O)O)CC(O)C1C. The Morgan fingerprint density at radius 1 is 0.662 bits per heavy atom. The van der Waals surface area contributed by atoms with E-state index in [1.165, 1.54) is 13.8 Å². The first kappa shape index (κ1) is 57.4. The van der Waals surface area contributed by atoms with Gasteiger partial charge < -0.3 is 96.3 Å². The summed E-state index contributed by atoms with van der Waals surface area (Å²) in [6, 6.07) is -3.46. The van der Waals surface area contributed by atoms with E-state index in [-0.39, 0.29) is 0 Å². The lowest BCUT2D eigenvalue weighted by Gasteiger charge is -2.60. The number of nitrogens with one attached hydrogen (secondary N) is 2. The van der Waals surface area contributed by atoms with Gasteiger partial charge in [0.2, 0.25) is 11.8 Å². The highest BCUT2D eigenvalue weighted by Crippen LogP contribution is 2.60. The monoisotopic (exact) mass is 985 g/mol. The van der Waals surface area contributed by atoms with Crippen molar-refractivity contribution in [3.63, 3.8) is 0 Å². The van der Waals surface area contributed by atoms with Gasteiger partial charge in [-0.1, -0.05) is 41.5 Å². The van der Waals surface area contributed by atoms with Crippen LogP contribution in [-0.4, -0.2) is 217 Å². The van der Waals surface area contributed by atoms with Crippen LogP contribution in [-0.2, 0) is 38.2 Å². The Morgan fingerprint density at radius 2 is 1.09 bits per heavy atom. The topological polar surface area (TPSA) is 420 Å². The quantitative estimate of drug-likeness (QED) is 0.0492. The van der Waals surface area contributed by atoms with E-state index in [4.69, 9.17) is 15.6 Å². The molecular weight excluding hydrogens is 908 g/mol. The Hall–Kier alpha value is -3.21. The van der Waals surface area contributed by atoms with E-state index >= 15 is 0 Å². The van der Waals surface area contributed by atoms with Crippen LogP contribution in [0.1, 0.15) is 95.8 Å². The van der Waals surface area contributed by atoms with Crippen LogP contribution in [0.2, 0.25) is 0 Å². The van der Waals surface area contributed by atoms with Gasteiger partial charge in [0.15, 0.2) is 16.8 Å². The Morgan fingerprint density at radius 3 is 1.49 bits per heavy atom. The van der Waals surface area contributed by atoms with Crippen LogP contribution in [0, 0.1) is 35.0 Å². The molecule has 0 saturated carbocycles. The second kappa shape index (κ2) is 22.9. The maximum absolute atomic E-state index is 14.5.